The van der Waals surface area contributed by atoms with Crippen LogP contribution in [-0.4, -0.2) is 14.4 Å². The topological polar surface area (TPSA) is 42.2 Å². The highest BCUT2D eigenvalue weighted by Crippen LogP contribution is 2.21. The second-order valence-corrected chi connectivity index (χ2v) is 4.94. The largest absolute Gasteiger partial charge is 0.364 e. The number of hydrogen-bond donors (Lipinski definition) is 1. The van der Waals surface area contributed by atoms with Crippen LogP contribution < -0.4 is 5.32 Å². The van der Waals surface area contributed by atoms with E-state index in [4.69, 9.17) is 4.98 Å². The molecule has 0 atom stereocenters. The molecule has 102 valence electrons. The number of nitrogens with zero attached hydrogens (tertiary/aromatic N) is 3. The maximum atomic E-state index is 4.72. The van der Waals surface area contributed by atoms with Crippen LogP contribution in [0.2, 0.25) is 0 Å². The second kappa shape index (κ2) is 4.90. The summed E-state index contributed by atoms with van der Waals surface area (Å²) in [6.45, 7) is 0.743. The first-order valence-electron chi connectivity index (χ1n) is 6.90. The molecule has 0 unspecified atom stereocenters. The number of nitrogens with one attached hydrogen (secondary N) is 1. The fourth-order valence-electron chi connectivity index (χ4n) is 2.51. The average molecular weight is 274 g/mol. The quantitative estimate of drug-likeness (QED) is 0.622. The zero-order valence-electron chi connectivity index (χ0n) is 11.4. The van der Waals surface area contributed by atoms with Gasteiger partial charge in [-0.15, -0.1) is 0 Å². The molecule has 0 amide bonds. The molecule has 0 aliphatic carbocycles. The average Bonchev–Trinajstić information content (AvgIpc) is 3.04. The minimum absolute atomic E-state index is 0.743. The Morgan fingerprint density at radius 1 is 0.905 bits per heavy atom. The van der Waals surface area contributed by atoms with Crippen molar-refractivity contribution in [3.63, 3.8) is 0 Å². The molecule has 0 saturated heterocycles. The van der Waals surface area contributed by atoms with Gasteiger partial charge in [-0.2, -0.15) is 0 Å². The van der Waals surface area contributed by atoms with Crippen molar-refractivity contribution in [3.8, 4) is 0 Å². The Hall–Kier alpha value is -2.88. The summed E-state index contributed by atoms with van der Waals surface area (Å²) in [6, 6.07) is 18.4. The molecule has 4 heteroatoms. The van der Waals surface area contributed by atoms with Gasteiger partial charge in [-0.25, -0.2) is 9.97 Å². The zero-order chi connectivity index (χ0) is 14.1. The standard InChI is InChI=1S/C17H14N4/c1-2-6-13(7-3-1)10-19-17-16-11-18-12-21(16)15-9-5-4-8-14(15)20-17/h1-9,11-12H,10H2,(H,19,20). The third kappa shape index (κ3) is 2.10. The Balaban J connectivity index is 1.78. The molecule has 0 spiro atoms. The molecule has 0 aliphatic rings. The van der Waals surface area contributed by atoms with E-state index in [1.165, 1.54) is 5.56 Å². The molecule has 4 nitrogen and oxygen atoms in total. The molecule has 0 saturated carbocycles. The highest BCUT2D eigenvalue weighted by atomic mass is 15.1. The molecule has 2 aromatic carbocycles. The molecular formula is C17H14N4. The summed E-state index contributed by atoms with van der Waals surface area (Å²) in [5.74, 6) is 0.857. The van der Waals surface area contributed by atoms with Gasteiger partial charge in [0.15, 0.2) is 5.82 Å². The molecule has 4 aromatic rings. The van der Waals surface area contributed by atoms with Gasteiger partial charge in [0, 0.05) is 6.54 Å². The summed E-state index contributed by atoms with van der Waals surface area (Å²) in [5, 5.41) is 3.41. The normalized spacial score (nSPS) is 11.0. The summed E-state index contributed by atoms with van der Waals surface area (Å²) in [4.78, 5) is 8.97. The molecular weight excluding hydrogens is 260 g/mol. The third-order valence-electron chi connectivity index (χ3n) is 3.56. The third-order valence-corrected chi connectivity index (χ3v) is 3.56. The molecule has 2 heterocycles. The van der Waals surface area contributed by atoms with Gasteiger partial charge in [0.1, 0.15) is 5.52 Å². The lowest BCUT2D eigenvalue weighted by molar-refractivity contribution is 1.11. The van der Waals surface area contributed by atoms with E-state index >= 15 is 0 Å². The predicted molar refractivity (Wildman–Crippen MR) is 84.3 cm³/mol. The maximum absolute atomic E-state index is 4.72. The van der Waals surface area contributed by atoms with E-state index in [2.05, 4.69) is 32.9 Å². The Bertz CT molecular complexity index is 896. The number of imidazole rings is 1. The van der Waals surface area contributed by atoms with Gasteiger partial charge < -0.3 is 5.32 Å². The molecule has 0 fully saturated rings. The molecule has 21 heavy (non-hydrogen) atoms. The van der Waals surface area contributed by atoms with Crippen LogP contribution in [0.15, 0.2) is 67.1 Å². The Morgan fingerprint density at radius 3 is 2.62 bits per heavy atom. The maximum Gasteiger partial charge on any atom is 0.153 e. The van der Waals surface area contributed by atoms with Crippen molar-refractivity contribution in [1.82, 2.24) is 14.4 Å². The second-order valence-electron chi connectivity index (χ2n) is 4.94. The molecule has 0 bridgehead atoms. The van der Waals surface area contributed by atoms with Crippen LogP contribution >= 0.6 is 0 Å². The van der Waals surface area contributed by atoms with Crippen LogP contribution in [0.3, 0.4) is 0 Å². The molecule has 4 rings (SSSR count). The van der Waals surface area contributed by atoms with E-state index in [9.17, 15) is 0 Å². The Labute approximate surface area is 122 Å². The SMILES string of the molecule is c1ccc(CNc2nc3ccccc3n3cncc23)cc1. The predicted octanol–water partition coefficient (Wildman–Crippen LogP) is 3.49. The molecule has 2 aromatic heterocycles. The van der Waals surface area contributed by atoms with Gasteiger partial charge in [-0.3, -0.25) is 4.40 Å². The number of rotatable bonds is 3. The van der Waals surface area contributed by atoms with Crippen molar-refractivity contribution in [2.24, 2.45) is 0 Å². The first-order valence-corrected chi connectivity index (χ1v) is 6.90. The Kier molecular flexibility index (Phi) is 2.78. The number of anilines is 1. The van der Waals surface area contributed by atoms with Gasteiger partial charge in [0.05, 0.1) is 23.6 Å². The fourth-order valence-corrected chi connectivity index (χ4v) is 2.51. The van der Waals surface area contributed by atoms with Crippen LogP contribution in [-0.2, 0) is 6.54 Å². The highest BCUT2D eigenvalue weighted by molar-refractivity contribution is 5.83. The molecule has 0 aliphatic heterocycles. The van der Waals surface area contributed by atoms with Crippen LogP contribution in [0.4, 0.5) is 5.82 Å². The minimum atomic E-state index is 0.743. The lowest BCUT2D eigenvalue weighted by Crippen LogP contribution is -2.04. The lowest BCUT2D eigenvalue weighted by Gasteiger charge is -2.10. The van der Waals surface area contributed by atoms with E-state index in [0.29, 0.717) is 0 Å². The van der Waals surface area contributed by atoms with Gasteiger partial charge in [0.25, 0.3) is 0 Å². The van der Waals surface area contributed by atoms with Crippen LogP contribution in [0.5, 0.6) is 0 Å². The van der Waals surface area contributed by atoms with E-state index in [1.807, 2.05) is 48.9 Å². The van der Waals surface area contributed by atoms with E-state index < -0.39 is 0 Å². The molecule has 1 N–H and O–H groups in total. The van der Waals surface area contributed by atoms with Crippen molar-refractivity contribution in [2.75, 3.05) is 5.32 Å². The summed E-state index contributed by atoms with van der Waals surface area (Å²) in [5.41, 5.74) is 4.24. The first kappa shape index (κ1) is 11.9. The van der Waals surface area contributed by atoms with Gasteiger partial charge in [-0.05, 0) is 17.7 Å². The van der Waals surface area contributed by atoms with Crippen molar-refractivity contribution in [3.05, 3.63) is 72.7 Å². The minimum Gasteiger partial charge on any atom is -0.364 e. The van der Waals surface area contributed by atoms with Crippen LogP contribution in [0, 0.1) is 0 Å². The van der Waals surface area contributed by atoms with Crippen LogP contribution in [0.1, 0.15) is 5.56 Å². The van der Waals surface area contributed by atoms with Crippen molar-refractivity contribution >= 4 is 22.4 Å². The zero-order valence-corrected chi connectivity index (χ0v) is 11.4. The van der Waals surface area contributed by atoms with Crippen molar-refractivity contribution < 1.29 is 0 Å². The van der Waals surface area contributed by atoms with E-state index in [-0.39, 0.29) is 0 Å². The monoisotopic (exact) mass is 274 g/mol. The summed E-state index contributed by atoms with van der Waals surface area (Å²) < 4.78 is 2.07. The molecule has 0 radical (unpaired) electrons. The van der Waals surface area contributed by atoms with E-state index in [1.54, 1.807) is 0 Å². The summed E-state index contributed by atoms with van der Waals surface area (Å²) in [7, 11) is 0. The van der Waals surface area contributed by atoms with Crippen molar-refractivity contribution in [2.45, 2.75) is 6.54 Å². The highest BCUT2D eigenvalue weighted by Gasteiger charge is 2.07. The van der Waals surface area contributed by atoms with Gasteiger partial charge >= 0.3 is 0 Å². The smallest absolute Gasteiger partial charge is 0.153 e. The summed E-state index contributed by atoms with van der Waals surface area (Å²) >= 11 is 0. The number of fused-ring (bicyclic) bond motifs is 3. The number of para-hydroxylation sites is 2. The van der Waals surface area contributed by atoms with Gasteiger partial charge in [0.2, 0.25) is 0 Å². The lowest BCUT2D eigenvalue weighted by atomic mass is 10.2. The van der Waals surface area contributed by atoms with Crippen molar-refractivity contribution in [1.29, 1.82) is 0 Å². The number of benzene rings is 2. The van der Waals surface area contributed by atoms with Gasteiger partial charge in [-0.1, -0.05) is 42.5 Å². The fraction of sp³-hybridized carbons (Fsp3) is 0.0588. The van der Waals surface area contributed by atoms with E-state index in [0.717, 1.165) is 28.9 Å². The number of aromatic nitrogens is 3. The Morgan fingerprint density at radius 2 is 1.71 bits per heavy atom. The number of hydrogen-bond acceptors (Lipinski definition) is 3. The summed E-state index contributed by atoms with van der Waals surface area (Å²) in [6.07, 6.45) is 3.67. The van der Waals surface area contributed by atoms with Crippen LogP contribution in [0.25, 0.3) is 16.6 Å². The first-order chi connectivity index (χ1) is 10.4.